The molecule has 3 heterocycles. The smallest absolute Gasteiger partial charge is 0.241 e. The SMILES string of the molecule is Cc1ccc(C(C)Nc2nc(NN)nc3[nH]ncc23)s1. The summed E-state index contributed by atoms with van der Waals surface area (Å²) in [5.74, 6) is 6.44. The average molecular weight is 289 g/mol. The molecule has 0 saturated heterocycles. The van der Waals surface area contributed by atoms with Gasteiger partial charge in [-0.05, 0) is 26.0 Å². The normalized spacial score (nSPS) is 12.6. The van der Waals surface area contributed by atoms with Crippen LogP contribution in [0, 0.1) is 6.92 Å². The Morgan fingerprint density at radius 2 is 2.20 bits per heavy atom. The number of thiophene rings is 1. The first-order valence-electron chi connectivity index (χ1n) is 6.18. The molecule has 8 heteroatoms. The average Bonchev–Trinajstić information content (AvgIpc) is 3.06. The second-order valence-corrected chi connectivity index (χ2v) is 5.81. The maximum Gasteiger partial charge on any atom is 0.241 e. The fourth-order valence-corrected chi connectivity index (χ4v) is 2.85. The van der Waals surface area contributed by atoms with Crippen LogP contribution in [0.2, 0.25) is 0 Å². The van der Waals surface area contributed by atoms with Gasteiger partial charge in [-0.2, -0.15) is 15.1 Å². The highest BCUT2D eigenvalue weighted by Gasteiger charge is 2.13. The Labute approximate surface area is 119 Å². The van der Waals surface area contributed by atoms with E-state index in [1.165, 1.54) is 9.75 Å². The molecule has 0 bridgehead atoms. The first-order chi connectivity index (χ1) is 9.67. The summed E-state index contributed by atoms with van der Waals surface area (Å²) >= 11 is 1.76. The number of fused-ring (bicyclic) bond motifs is 1. The van der Waals surface area contributed by atoms with Crippen molar-refractivity contribution in [3.63, 3.8) is 0 Å². The number of aromatic nitrogens is 4. The van der Waals surface area contributed by atoms with E-state index < -0.39 is 0 Å². The molecule has 0 aliphatic rings. The Morgan fingerprint density at radius 1 is 1.35 bits per heavy atom. The maximum atomic E-state index is 5.39. The molecule has 0 spiro atoms. The van der Waals surface area contributed by atoms with Crippen LogP contribution in [0.25, 0.3) is 11.0 Å². The van der Waals surface area contributed by atoms with Gasteiger partial charge in [0.1, 0.15) is 5.82 Å². The lowest BCUT2D eigenvalue weighted by Crippen LogP contribution is -2.13. The van der Waals surface area contributed by atoms with Crippen LogP contribution in [-0.4, -0.2) is 20.2 Å². The Bertz CT molecular complexity index is 732. The summed E-state index contributed by atoms with van der Waals surface area (Å²) in [4.78, 5) is 11.1. The largest absolute Gasteiger partial charge is 0.362 e. The number of rotatable bonds is 4. The molecule has 0 fully saturated rings. The molecule has 3 rings (SSSR count). The number of nitrogens with zero attached hydrogens (tertiary/aromatic N) is 3. The van der Waals surface area contributed by atoms with E-state index in [1.54, 1.807) is 17.5 Å². The molecular weight excluding hydrogens is 274 g/mol. The van der Waals surface area contributed by atoms with E-state index in [0.717, 1.165) is 5.39 Å². The van der Waals surface area contributed by atoms with Gasteiger partial charge >= 0.3 is 0 Å². The van der Waals surface area contributed by atoms with Crippen LogP contribution >= 0.6 is 11.3 Å². The monoisotopic (exact) mass is 289 g/mol. The lowest BCUT2D eigenvalue weighted by molar-refractivity contribution is 0.897. The minimum Gasteiger partial charge on any atom is -0.362 e. The zero-order valence-electron chi connectivity index (χ0n) is 11.1. The molecule has 0 aliphatic carbocycles. The van der Waals surface area contributed by atoms with Crippen molar-refractivity contribution < 1.29 is 0 Å². The van der Waals surface area contributed by atoms with E-state index in [2.05, 4.69) is 56.9 Å². The van der Waals surface area contributed by atoms with Crippen LogP contribution in [-0.2, 0) is 0 Å². The summed E-state index contributed by atoms with van der Waals surface area (Å²) in [6, 6.07) is 4.37. The Hall–Kier alpha value is -2.19. The molecule has 3 aromatic heterocycles. The molecule has 1 unspecified atom stereocenters. The highest BCUT2D eigenvalue weighted by atomic mass is 32.1. The second kappa shape index (κ2) is 5.06. The first kappa shape index (κ1) is 12.8. The summed E-state index contributed by atoms with van der Waals surface area (Å²) in [5, 5.41) is 11.0. The number of hydrogen-bond donors (Lipinski definition) is 4. The van der Waals surface area contributed by atoms with E-state index in [0.29, 0.717) is 17.4 Å². The minimum atomic E-state index is 0.146. The Kier molecular flexibility index (Phi) is 3.25. The summed E-state index contributed by atoms with van der Waals surface area (Å²) < 4.78 is 0. The number of aryl methyl sites for hydroxylation is 1. The number of hydrazine groups is 1. The number of nitrogens with two attached hydrogens (primary N) is 1. The number of hydrogen-bond acceptors (Lipinski definition) is 7. The lowest BCUT2D eigenvalue weighted by Gasteiger charge is -2.14. The van der Waals surface area contributed by atoms with Crippen molar-refractivity contribution in [3.05, 3.63) is 28.1 Å². The number of anilines is 2. The summed E-state index contributed by atoms with van der Waals surface area (Å²) in [5.41, 5.74) is 3.10. The van der Waals surface area contributed by atoms with Crippen molar-refractivity contribution >= 4 is 34.1 Å². The van der Waals surface area contributed by atoms with Crippen LogP contribution in [0.1, 0.15) is 22.7 Å². The maximum absolute atomic E-state index is 5.39. The van der Waals surface area contributed by atoms with Gasteiger partial charge in [0.05, 0.1) is 17.6 Å². The quantitative estimate of drug-likeness (QED) is 0.433. The molecule has 0 aromatic carbocycles. The van der Waals surface area contributed by atoms with Crippen molar-refractivity contribution in [1.82, 2.24) is 20.2 Å². The molecule has 0 amide bonds. The van der Waals surface area contributed by atoms with E-state index in [1.807, 2.05) is 0 Å². The van der Waals surface area contributed by atoms with Crippen molar-refractivity contribution in [2.75, 3.05) is 10.7 Å². The molecular formula is C12H15N7S. The fourth-order valence-electron chi connectivity index (χ4n) is 1.97. The van der Waals surface area contributed by atoms with Crippen LogP contribution in [0.5, 0.6) is 0 Å². The third kappa shape index (κ3) is 2.30. The van der Waals surface area contributed by atoms with E-state index >= 15 is 0 Å². The first-order valence-corrected chi connectivity index (χ1v) is 6.99. The predicted molar refractivity (Wildman–Crippen MR) is 80.6 cm³/mol. The van der Waals surface area contributed by atoms with Gasteiger partial charge in [-0.15, -0.1) is 11.3 Å². The van der Waals surface area contributed by atoms with Crippen molar-refractivity contribution in [3.8, 4) is 0 Å². The van der Waals surface area contributed by atoms with E-state index in [4.69, 9.17) is 5.84 Å². The molecule has 20 heavy (non-hydrogen) atoms. The van der Waals surface area contributed by atoms with Gasteiger partial charge in [0.25, 0.3) is 0 Å². The third-order valence-electron chi connectivity index (χ3n) is 2.98. The molecule has 7 nitrogen and oxygen atoms in total. The minimum absolute atomic E-state index is 0.146. The van der Waals surface area contributed by atoms with Gasteiger partial charge < -0.3 is 5.32 Å². The Balaban J connectivity index is 1.95. The summed E-state index contributed by atoms with van der Waals surface area (Å²) in [7, 11) is 0. The standard InChI is InChI=1S/C12H15N7S/c1-6-3-4-9(20-6)7(2)15-10-8-5-14-19-11(8)17-12(16-10)18-13/h3-5,7H,13H2,1-2H3,(H3,14,15,16,17,18,19). The van der Waals surface area contributed by atoms with Crippen LogP contribution < -0.4 is 16.6 Å². The number of nitrogens with one attached hydrogen (secondary N) is 3. The van der Waals surface area contributed by atoms with Crippen molar-refractivity contribution in [2.24, 2.45) is 5.84 Å². The van der Waals surface area contributed by atoms with Gasteiger partial charge in [0.2, 0.25) is 5.95 Å². The summed E-state index contributed by atoms with van der Waals surface area (Å²) in [6.45, 7) is 4.19. The van der Waals surface area contributed by atoms with Crippen molar-refractivity contribution in [1.29, 1.82) is 0 Å². The van der Waals surface area contributed by atoms with Gasteiger partial charge in [-0.3, -0.25) is 10.5 Å². The molecule has 104 valence electrons. The molecule has 5 N–H and O–H groups in total. The van der Waals surface area contributed by atoms with Crippen LogP contribution in [0.15, 0.2) is 18.3 Å². The number of H-pyrrole nitrogens is 1. The highest BCUT2D eigenvalue weighted by Crippen LogP contribution is 2.28. The number of aromatic amines is 1. The third-order valence-corrected chi connectivity index (χ3v) is 4.16. The van der Waals surface area contributed by atoms with Gasteiger partial charge in [0.15, 0.2) is 5.65 Å². The Morgan fingerprint density at radius 3 is 2.90 bits per heavy atom. The number of nitrogen functional groups attached to an aromatic ring is 1. The van der Waals surface area contributed by atoms with Gasteiger partial charge in [-0.1, -0.05) is 0 Å². The predicted octanol–water partition coefficient (Wildman–Crippen LogP) is 2.18. The lowest BCUT2D eigenvalue weighted by atomic mass is 10.2. The molecule has 0 radical (unpaired) electrons. The fraction of sp³-hybridized carbons (Fsp3) is 0.250. The van der Waals surface area contributed by atoms with Crippen LogP contribution in [0.4, 0.5) is 11.8 Å². The van der Waals surface area contributed by atoms with E-state index in [-0.39, 0.29) is 6.04 Å². The topological polar surface area (TPSA) is 105 Å². The molecule has 3 aromatic rings. The molecule has 0 saturated carbocycles. The molecule has 1 atom stereocenters. The second-order valence-electron chi connectivity index (χ2n) is 4.49. The zero-order chi connectivity index (χ0) is 14.1. The van der Waals surface area contributed by atoms with Gasteiger partial charge in [0, 0.05) is 9.75 Å². The van der Waals surface area contributed by atoms with Crippen LogP contribution in [0.3, 0.4) is 0 Å². The zero-order valence-corrected chi connectivity index (χ0v) is 12.0. The van der Waals surface area contributed by atoms with E-state index in [9.17, 15) is 0 Å². The van der Waals surface area contributed by atoms with Crippen molar-refractivity contribution in [2.45, 2.75) is 19.9 Å². The summed E-state index contributed by atoms with van der Waals surface area (Å²) in [6.07, 6.45) is 1.70. The highest BCUT2D eigenvalue weighted by molar-refractivity contribution is 7.12. The van der Waals surface area contributed by atoms with Gasteiger partial charge in [-0.25, -0.2) is 5.84 Å². The molecule has 0 aliphatic heterocycles.